The molecule has 1 aromatic heterocycles. The number of anilines is 1. The molecule has 17 heavy (non-hydrogen) atoms. The number of ether oxygens (including phenoxy) is 2. The maximum absolute atomic E-state index is 11.4. The van der Waals surface area contributed by atoms with E-state index in [0.717, 1.165) is 17.2 Å². The van der Waals surface area contributed by atoms with Gasteiger partial charge < -0.3 is 15.2 Å². The number of carbonyl (C=O) groups excluding carboxylic acids is 1. The molecule has 0 saturated heterocycles. The molecule has 6 heteroatoms. The molecule has 1 aromatic rings. The molecule has 0 atom stereocenters. The van der Waals surface area contributed by atoms with Gasteiger partial charge in [-0.1, -0.05) is 0 Å². The van der Waals surface area contributed by atoms with Crippen molar-refractivity contribution in [3.05, 3.63) is 17.8 Å². The highest BCUT2D eigenvalue weighted by Gasteiger charge is 2.11. The second kappa shape index (κ2) is 7.13. The summed E-state index contributed by atoms with van der Waals surface area (Å²) in [7, 11) is 3.00. The third kappa shape index (κ3) is 4.24. The predicted molar refractivity (Wildman–Crippen MR) is 67.2 cm³/mol. The summed E-state index contributed by atoms with van der Waals surface area (Å²) in [5.41, 5.74) is 6.34. The zero-order chi connectivity index (χ0) is 12.7. The number of nitrogens with two attached hydrogens (primary N) is 1. The molecule has 0 aliphatic rings. The monoisotopic (exact) mass is 256 g/mol. The molecule has 5 nitrogen and oxygen atoms in total. The number of hydrogen-bond donors (Lipinski definition) is 1. The number of pyridine rings is 1. The van der Waals surface area contributed by atoms with Gasteiger partial charge in [-0.3, -0.25) is 0 Å². The van der Waals surface area contributed by atoms with Gasteiger partial charge in [-0.05, 0) is 12.5 Å². The van der Waals surface area contributed by atoms with E-state index in [1.165, 1.54) is 13.3 Å². The smallest absolute Gasteiger partial charge is 0.340 e. The first kappa shape index (κ1) is 13.8. The van der Waals surface area contributed by atoms with Crippen molar-refractivity contribution in [3.8, 4) is 0 Å². The van der Waals surface area contributed by atoms with Crippen LogP contribution in [0, 0.1) is 0 Å². The molecule has 0 saturated carbocycles. The largest absolute Gasteiger partial charge is 0.465 e. The average molecular weight is 256 g/mol. The molecule has 0 radical (unpaired) electrons. The van der Waals surface area contributed by atoms with Crippen LogP contribution in [0.2, 0.25) is 0 Å². The quantitative estimate of drug-likeness (QED) is 0.473. The summed E-state index contributed by atoms with van der Waals surface area (Å²) in [5.74, 6) is 0.439. The van der Waals surface area contributed by atoms with Gasteiger partial charge in [-0.2, -0.15) is 0 Å². The minimum absolute atomic E-state index is 0.332. The van der Waals surface area contributed by atoms with Crippen LogP contribution in [-0.4, -0.2) is 37.5 Å². The summed E-state index contributed by atoms with van der Waals surface area (Å²) in [6.45, 7) is 0.714. The highest BCUT2D eigenvalue weighted by atomic mass is 32.2. The second-order valence-electron chi connectivity index (χ2n) is 3.30. The van der Waals surface area contributed by atoms with Crippen LogP contribution in [0.4, 0.5) is 5.69 Å². The lowest BCUT2D eigenvalue weighted by Gasteiger charge is -2.06. The summed E-state index contributed by atoms with van der Waals surface area (Å²) in [6, 6.07) is 1.65. The van der Waals surface area contributed by atoms with E-state index in [0.29, 0.717) is 17.9 Å². The van der Waals surface area contributed by atoms with Crippen molar-refractivity contribution in [2.24, 2.45) is 0 Å². The minimum atomic E-state index is -0.441. The molecule has 1 rings (SSSR count). The van der Waals surface area contributed by atoms with Gasteiger partial charge in [-0.15, -0.1) is 11.8 Å². The number of methoxy groups -OCH3 is 2. The first-order chi connectivity index (χ1) is 8.19. The Hall–Kier alpha value is -1.27. The van der Waals surface area contributed by atoms with Crippen molar-refractivity contribution in [2.75, 3.05) is 32.3 Å². The molecule has 0 bridgehead atoms. The first-order valence-electron chi connectivity index (χ1n) is 5.14. The fourth-order valence-electron chi connectivity index (χ4n) is 1.19. The van der Waals surface area contributed by atoms with E-state index in [2.05, 4.69) is 9.72 Å². The topological polar surface area (TPSA) is 74.4 Å². The number of rotatable bonds is 6. The van der Waals surface area contributed by atoms with E-state index in [-0.39, 0.29) is 0 Å². The van der Waals surface area contributed by atoms with E-state index in [1.807, 2.05) is 0 Å². The molecular weight excluding hydrogens is 240 g/mol. The Morgan fingerprint density at radius 1 is 1.53 bits per heavy atom. The van der Waals surface area contributed by atoms with Crippen LogP contribution in [0.3, 0.4) is 0 Å². The number of carbonyl (C=O) groups is 1. The van der Waals surface area contributed by atoms with Crippen LogP contribution in [0.5, 0.6) is 0 Å². The van der Waals surface area contributed by atoms with Crippen LogP contribution < -0.4 is 5.73 Å². The average Bonchev–Trinajstić information content (AvgIpc) is 2.35. The zero-order valence-corrected chi connectivity index (χ0v) is 10.8. The van der Waals surface area contributed by atoms with Gasteiger partial charge in [0.1, 0.15) is 0 Å². The van der Waals surface area contributed by atoms with Crippen molar-refractivity contribution in [1.82, 2.24) is 4.98 Å². The molecule has 2 N–H and O–H groups in total. The molecule has 0 aromatic carbocycles. The lowest BCUT2D eigenvalue weighted by Crippen LogP contribution is -2.06. The predicted octanol–water partition coefficient (Wildman–Crippen LogP) is 1.58. The van der Waals surface area contributed by atoms with Gasteiger partial charge in [0, 0.05) is 19.5 Å². The first-order valence-corrected chi connectivity index (χ1v) is 6.13. The van der Waals surface area contributed by atoms with Crippen molar-refractivity contribution in [3.63, 3.8) is 0 Å². The number of esters is 1. The Kier molecular flexibility index (Phi) is 5.79. The van der Waals surface area contributed by atoms with Crippen LogP contribution in [0.1, 0.15) is 16.8 Å². The fraction of sp³-hybridized carbons (Fsp3) is 0.455. The lowest BCUT2D eigenvalue weighted by atomic mass is 10.2. The van der Waals surface area contributed by atoms with Crippen molar-refractivity contribution in [1.29, 1.82) is 0 Å². The molecule has 0 aliphatic carbocycles. The number of thioether (sulfide) groups is 1. The number of hydrogen-bond acceptors (Lipinski definition) is 6. The lowest BCUT2D eigenvalue weighted by molar-refractivity contribution is 0.0601. The Morgan fingerprint density at radius 3 is 2.94 bits per heavy atom. The van der Waals surface area contributed by atoms with Crippen molar-refractivity contribution in [2.45, 2.75) is 11.4 Å². The standard InChI is InChI=1S/C11H16N2O3S/c1-15-4-3-5-17-10-6-8(11(14)16-2)9(12)7-13-10/h6-7H,3-5,12H2,1-2H3. The van der Waals surface area contributed by atoms with Gasteiger partial charge in [0.25, 0.3) is 0 Å². The molecule has 0 fully saturated rings. The maximum Gasteiger partial charge on any atom is 0.340 e. The van der Waals surface area contributed by atoms with E-state index in [1.54, 1.807) is 24.9 Å². The summed E-state index contributed by atoms with van der Waals surface area (Å²) in [5, 5.41) is 0.760. The van der Waals surface area contributed by atoms with Crippen LogP contribution in [-0.2, 0) is 9.47 Å². The molecule has 94 valence electrons. The second-order valence-corrected chi connectivity index (χ2v) is 4.41. The van der Waals surface area contributed by atoms with E-state index in [9.17, 15) is 4.79 Å². The van der Waals surface area contributed by atoms with Crippen LogP contribution in [0.25, 0.3) is 0 Å². The molecule has 1 heterocycles. The van der Waals surface area contributed by atoms with Crippen molar-refractivity contribution >= 4 is 23.4 Å². The number of aromatic nitrogens is 1. The number of nitrogens with zero attached hydrogens (tertiary/aromatic N) is 1. The molecule has 0 amide bonds. The highest BCUT2D eigenvalue weighted by molar-refractivity contribution is 7.99. The highest BCUT2D eigenvalue weighted by Crippen LogP contribution is 2.21. The van der Waals surface area contributed by atoms with Crippen LogP contribution >= 0.6 is 11.8 Å². The zero-order valence-electron chi connectivity index (χ0n) is 9.93. The molecule has 0 unspecified atom stereocenters. The third-order valence-corrected chi connectivity index (χ3v) is 3.07. The molecular formula is C11H16N2O3S. The summed E-state index contributed by atoms with van der Waals surface area (Å²) in [6.07, 6.45) is 2.41. The van der Waals surface area contributed by atoms with E-state index in [4.69, 9.17) is 10.5 Å². The summed E-state index contributed by atoms with van der Waals surface area (Å²) < 4.78 is 9.59. The molecule has 0 aliphatic heterocycles. The Bertz CT molecular complexity index is 385. The van der Waals surface area contributed by atoms with Gasteiger partial charge in [0.05, 0.1) is 29.6 Å². The van der Waals surface area contributed by atoms with Gasteiger partial charge in [0.2, 0.25) is 0 Å². The maximum atomic E-state index is 11.4. The Morgan fingerprint density at radius 2 is 2.29 bits per heavy atom. The third-order valence-electron chi connectivity index (χ3n) is 2.06. The normalized spacial score (nSPS) is 10.2. The van der Waals surface area contributed by atoms with E-state index < -0.39 is 5.97 Å². The Labute approximate surface area is 105 Å². The van der Waals surface area contributed by atoms with Gasteiger partial charge in [-0.25, -0.2) is 9.78 Å². The fourth-order valence-corrected chi connectivity index (χ4v) is 1.99. The SMILES string of the molecule is COCCCSc1cc(C(=O)OC)c(N)cn1. The van der Waals surface area contributed by atoms with Gasteiger partial charge >= 0.3 is 5.97 Å². The summed E-state index contributed by atoms with van der Waals surface area (Å²) >= 11 is 1.56. The van der Waals surface area contributed by atoms with Crippen molar-refractivity contribution < 1.29 is 14.3 Å². The Balaban J connectivity index is 2.65. The number of nitrogen functional groups attached to an aromatic ring is 1. The van der Waals surface area contributed by atoms with Crippen LogP contribution in [0.15, 0.2) is 17.3 Å². The summed E-state index contributed by atoms with van der Waals surface area (Å²) in [4.78, 5) is 15.5. The van der Waals surface area contributed by atoms with E-state index >= 15 is 0 Å². The minimum Gasteiger partial charge on any atom is -0.465 e. The van der Waals surface area contributed by atoms with Gasteiger partial charge in [0.15, 0.2) is 0 Å². The molecule has 0 spiro atoms.